The van der Waals surface area contributed by atoms with E-state index in [9.17, 15) is 10.1 Å². The van der Waals surface area contributed by atoms with Crippen molar-refractivity contribution < 1.29 is 9.15 Å². The summed E-state index contributed by atoms with van der Waals surface area (Å²) in [4.78, 5) is 13.5. The van der Waals surface area contributed by atoms with Gasteiger partial charge in [0, 0.05) is 4.88 Å². The molecule has 118 valence electrons. The number of thiophene rings is 1. The lowest BCUT2D eigenvalue weighted by Crippen LogP contribution is -2.26. The standard InChI is InChI=1S/C18H12N2O3S/c1-9-6-7-24-16(9)13-11(8-19)17(20)23-15-10-4-2-3-5-12(10)22-18(21)14(13)15/h2-7,13H,20H2,1H3. The molecule has 1 atom stereocenters. The number of fused-ring (bicyclic) bond motifs is 3. The van der Waals surface area contributed by atoms with Crippen molar-refractivity contribution in [3.8, 4) is 11.8 Å². The van der Waals surface area contributed by atoms with Crippen LogP contribution in [0.15, 0.2) is 56.4 Å². The van der Waals surface area contributed by atoms with Gasteiger partial charge in [0.25, 0.3) is 0 Å². The summed E-state index contributed by atoms with van der Waals surface area (Å²) in [6, 6.07) is 11.2. The Hall–Kier alpha value is -3.04. The first-order chi connectivity index (χ1) is 11.6. The summed E-state index contributed by atoms with van der Waals surface area (Å²) in [5, 5.41) is 12.1. The van der Waals surface area contributed by atoms with Crippen molar-refractivity contribution >= 4 is 22.3 Å². The molecule has 3 aromatic rings. The van der Waals surface area contributed by atoms with Crippen LogP contribution in [0.4, 0.5) is 0 Å². The van der Waals surface area contributed by atoms with E-state index >= 15 is 0 Å². The predicted octanol–water partition coefficient (Wildman–Crippen LogP) is 3.38. The number of rotatable bonds is 1. The van der Waals surface area contributed by atoms with Crippen LogP contribution in [0.3, 0.4) is 0 Å². The van der Waals surface area contributed by atoms with Crippen molar-refractivity contribution in [2.75, 3.05) is 0 Å². The molecule has 3 heterocycles. The minimum absolute atomic E-state index is 0.0264. The van der Waals surface area contributed by atoms with Crippen LogP contribution in [-0.2, 0) is 0 Å². The van der Waals surface area contributed by atoms with Gasteiger partial charge in [-0.1, -0.05) is 12.1 Å². The summed E-state index contributed by atoms with van der Waals surface area (Å²) in [6.45, 7) is 1.94. The van der Waals surface area contributed by atoms with Gasteiger partial charge in [0.2, 0.25) is 5.88 Å². The number of nitrogens with two attached hydrogens (primary N) is 1. The van der Waals surface area contributed by atoms with Gasteiger partial charge in [0.05, 0.1) is 16.9 Å². The van der Waals surface area contributed by atoms with Crippen LogP contribution >= 0.6 is 11.3 Å². The molecular weight excluding hydrogens is 324 g/mol. The van der Waals surface area contributed by atoms with Crippen molar-refractivity contribution in [1.29, 1.82) is 5.26 Å². The number of aryl methyl sites for hydroxylation is 1. The average Bonchev–Trinajstić information content (AvgIpc) is 2.99. The monoisotopic (exact) mass is 336 g/mol. The second kappa shape index (κ2) is 5.25. The van der Waals surface area contributed by atoms with Gasteiger partial charge in [0.15, 0.2) is 5.75 Å². The SMILES string of the molecule is Cc1ccsc1C1C(C#N)=C(N)Oc2c1c(=O)oc1ccccc21. The summed E-state index contributed by atoms with van der Waals surface area (Å²) in [7, 11) is 0. The molecule has 24 heavy (non-hydrogen) atoms. The molecule has 0 amide bonds. The lowest BCUT2D eigenvalue weighted by Gasteiger charge is -2.25. The Balaban J connectivity index is 2.12. The largest absolute Gasteiger partial charge is 0.439 e. The molecule has 0 radical (unpaired) electrons. The molecular formula is C18H12N2O3S. The van der Waals surface area contributed by atoms with Crippen molar-refractivity contribution in [2.45, 2.75) is 12.8 Å². The first-order valence-electron chi connectivity index (χ1n) is 7.29. The third kappa shape index (κ3) is 1.95. The Morgan fingerprint density at radius 2 is 2.08 bits per heavy atom. The molecule has 0 fully saturated rings. The molecule has 0 aliphatic carbocycles. The normalized spacial score (nSPS) is 16.6. The average molecular weight is 336 g/mol. The first kappa shape index (κ1) is 14.5. The highest BCUT2D eigenvalue weighted by molar-refractivity contribution is 7.10. The van der Waals surface area contributed by atoms with Gasteiger partial charge in [0.1, 0.15) is 17.2 Å². The first-order valence-corrected chi connectivity index (χ1v) is 8.17. The summed E-state index contributed by atoms with van der Waals surface area (Å²) in [6.07, 6.45) is 0. The maximum absolute atomic E-state index is 12.6. The second-order valence-electron chi connectivity index (χ2n) is 5.52. The summed E-state index contributed by atoms with van der Waals surface area (Å²) >= 11 is 1.48. The molecule has 6 heteroatoms. The van der Waals surface area contributed by atoms with Crippen molar-refractivity contribution in [3.63, 3.8) is 0 Å². The molecule has 1 aromatic carbocycles. The van der Waals surface area contributed by atoms with E-state index in [2.05, 4.69) is 6.07 Å². The lowest BCUT2D eigenvalue weighted by atomic mass is 9.87. The van der Waals surface area contributed by atoms with Gasteiger partial charge < -0.3 is 14.9 Å². The van der Waals surface area contributed by atoms with Gasteiger partial charge in [-0.15, -0.1) is 11.3 Å². The van der Waals surface area contributed by atoms with Crippen LogP contribution < -0.4 is 16.1 Å². The maximum atomic E-state index is 12.6. The molecule has 4 rings (SSSR count). The fourth-order valence-corrected chi connectivity index (χ4v) is 4.05. The van der Waals surface area contributed by atoms with Crippen LogP contribution in [0.2, 0.25) is 0 Å². The van der Waals surface area contributed by atoms with E-state index in [1.165, 1.54) is 11.3 Å². The van der Waals surface area contributed by atoms with E-state index in [1.807, 2.05) is 24.4 Å². The van der Waals surface area contributed by atoms with Crippen LogP contribution in [0.5, 0.6) is 5.75 Å². The van der Waals surface area contributed by atoms with Crippen molar-refractivity contribution in [2.24, 2.45) is 5.73 Å². The van der Waals surface area contributed by atoms with Gasteiger partial charge in [-0.3, -0.25) is 0 Å². The number of benzene rings is 1. The fraction of sp³-hybridized carbons (Fsp3) is 0.111. The number of nitrogens with zero attached hydrogens (tertiary/aromatic N) is 1. The smallest absolute Gasteiger partial charge is 0.344 e. The zero-order valence-corrected chi connectivity index (χ0v) is 13.5. The lowest BCUT2D eigenvalue weighted by molar-refractivity contribution is 0.388. The number of ether oxygens (including phenoxy) is 1. The van der Waals surface area contributed by atoms with Gasteiger partial charge in [-0.2, -0.15) is 5.26 Å². The predicted molar refractivity (Wildman–Crippen MR) is 90.8 cm³/mol. The molecule has 0 saturated heterocycles. The highest BCUT2D eigenvalue weighted by atomic mass is 32.1. The Morgan fingerprint density at radius 1 is 1.29 bits per heavy atom. The Kier molecular flexibility index (Phi) is 3.18. The van der Waals surface area contributed by atoms with E-state index in [4.69, 9.17) is 14.9 Å². The number of hydrogen-bond donors (Lipinski definition) is 1. The van der Waals surface area contributed by atoms with E-state index < -0.39 is 11.5 Å². The van der Waals surface area contributed by atoms with Crippen LogP contribution in [0, 0.1) is 18.3 Å². The topological polar surface area (TPSA) is 89.3 Å². The number of nitriles is 1. The van der Waals surface area contributed by atoms with Crippen LogP contribution in [-0.4, -0.2) is 0 Å². The third-order valence-corrected chi connectivity index (χ3v) is 5.22. The molecule has 0 bridgehead atoms. The zero-order valence-electron chi connectivity index (χ0n) is 12.7. The van der Waals surface area contributed by atoms with Gasteiger partial charge >= 0.3 is 5.63 Å². The Labute approximate surface area is 141 Å². The van der Waals surface area contributed by atoms with Crippen LogP contribution in [0.25, 0.3) is 11.0 Å². The molecule has 2 N–H and O–H groups in total. The summed E-state index contributed by atoms with van der Waals surface area (Å²) in [5.74, 6) is -0.172. The zero-order chi connectivity index (χ0) is 16.8. The Morgan fingerprint density at radius 3 is 2.79 bits per heavy atom. The molecule has 1 aliphatic heterocycles. The van der Waals surface area contributed by atoms with E-state index in [0.29, 0.717) is 22.3 Å². The molecule has 5 nitrogen and oxygen atoms in total. The van der Waals surface area contributed by atoms with Gasteiger partial charge in [-0.05, 0) is 36.1 Å². The number of para-hydroxylation sites is 1. The molecule has 0 spiro atoms. The Bertz CT molecular complexity index is 1100. The molecule has 1 unspecified atom stereocenters. The van der Waals surface area contributed by atoms with Crippen molar-refractivity contribution in [1.82, 2.24) is 0 Å². The summed E-state index contributed by atoms with van der Waals surface area (Å²) < 4.78 is 11.1. The maximum Gasteiger partial charge on any atom is 0.344 e. The highest BCUT2D eigenvalue weighted by Gasteiger charge is 2.36. The molecule has 2 aromatic heterocycles. The third-order valence-electron chi connectivity index (χ3n) is 4.14. The second-order valence-corrected chi connectivity index (χ2v) is 6.47. The van der Waals surface area contributed by atoms with Gasteiger partial charge in [-0.25, -0.2) is 4.79 Å². The van der Waals surface area contributed by atoms with E-state index in [0.717, 1.165) is 10.4 Å². The van der Waals surface area contributed by atoms with E-state index in [1.54, 1.807) is 18.2 Å². The van der Waals surface area contributed by atoms with Crippen LogP contribution in [0.1, 0.15) is 21.9 Å². The highest BCUT2D eigenvalue weighted by Crippen LogP contribution is 2.45. The van der Waals surface area contributed by atoms with Crippen molar-refractivity contribution in [3.05, 3.63) is 73.6 Å². The molecule has 0 saturated carbocycles. The number of allylic oxidation sites excluding steroid dienone is 1. The van der Waals surface area contributed by atoms with E-state index in [-0.39, 0.29) is 11.5 Å². The minimum Gasteiger partial charge on any atom is -0.439 e. The molecule has 1 aliphatic rings. The number of hydrogen-bond acceptors (Lipinski definition) is 6. The fourth-order valence-electron chi connectivity index (χ4n) is 3.01. The minimum atomic E-state index is -0.570. The quantitative estimate of drug-likeness (QED) is 0.688. The summed E-state index contributed by atoms with van der Waals surface area (Å²) in [5.41, 5.74) is 7.46.